The molecule has 1 atom stereocenters. The van der Waals surface area contributed by atoms with Crippen LogP contribution < -0.4 is 23.8 Å². The van der Waals surface area contributed by atoms with Gasteiger partial charge in [-0.1, -0.05) is 26.0 Å². The predicted octanol–water partition coefficient (Wildman–Crippen LogP) is 3.99. The monoisotopic (exact) mass is 613 g/mol. The zero-order valence-electron chi connectivity index (χ0n) is 24.6. The highest BCUT2D eigenvalue weighted by atomic mass is 32.2. The van der Waals surface area contributed by atoms with Crippen LogP contribution in [0.3, 0.4) is 0 Å². The molecule has 0 saturated heterocycles. The number of halogens is 1. The quantitative estimate of drug-likeness (QED) is 0.329. The Balaban J connectivity index is 1.71. The number of hydrogen-bond acceptors (Lipinski definition) is 7. The predicted molar refractivity (Wildman–Crippen MR) is 159 cm³/mol. The number of nitrogens with zero attached hydrogens (tertiary/aromatic N) is 2. The molecule has 0 spiro atoms. The van der Waals surface area contributed by atoms with Gasteiger partial charge in [0.05, 0.1) is 17.7 Å². The van der Waals surface area contributed by atoms with Gasteiger partial charge < -0.3 is 24.4 Å². The lowest BCUT2D eigenvalue weighted by molar-refractivity contribution is -0.139. The van der Waals surface area contributed by atoms with Gasteiger partial charge in [0.1, 0.15) is 37.4 Å². The molecular weight excluding hydrogens is 577 g/mol. The van der Waals surface area contributed by atoms with Gasteiger partial charge in [0.2, 0.25) is 11.8 Å². The minimum atomic E-state index is -4.37. The molecule has 0 radical (unpaired) electrons. The van der Waals surface area contributed by atoms with E-state index < -0.39 is 34.3 Å². The Morgan fingerprint density at radius 3 is 2.35 bits per heavy atom. The molecule has 0 fully saturated rings. The van der Waals surface area contributed by atoms with Gasteiger partial charge in [0.15, 0.2) is 11.5 Å². The molecule has 0 saturated carbocycles. The van der Waals surface area contributed by atoms with Crippen LogP contribution >= 0.6 is 0 Å². The van der Waals surface area contributed by atoms with E-state index in [-0.39, 0.29) is 41.3 Å². The molecule has 3 aromatic rings. The Hall–Kier alpha value is -4.32. The van der Waals surface area contributed by atoms with E-state index >= 15 is 0 Å². The molecule has 1 N–H and O–H groups in total. The van der Waals surface area contributed by atoms with Crippen LogP contribution in [-0.2, 0) is 26.2 Å². The van der Waals surface area contributed by atoms with E-state index in [1.807, 2.05) is 13.8 Å². The lowest BCUT2D eigenvalue weighted by Gasteiger charge is -2.32. The van der Waals surface area contributed by atoms with Crippen molar-refractivity contribution < 1.29 is 36.6 Å². The van der Waals surface area contributed by atoms with Crippen LogP contribution in [0.4, 0.5) is 10.1 Å². The van der Waals surface area contributed by atoms with Crippen LogP contribution in [0.15, 0.2) is 71.6 Å². The van der Waals surface area contributed by atoms with Crippen LogP contribution in [0.1, 0.15) is 26.3 Å². The fourth-order valence-electron chi connectivity index (χ4n) is 4.45. The van der Waals surface area contributed by atoms with E-state index in [4.69, 9.17) is 14.2 Å². The number of sulfonamides is 1. The maximum absolute atomic E-state index is 14.1. The molecule has 0 bridgehead atoms. The van der Waals surface area contributed by atoms with Gasteiger partial charge in [-0.05, 0) is 66.9 Å². The first-order valence-corrected chi connectivity index (χ1v) is 15.3. The highest BCUT2D eigenvalue weighted by Gasteiger charge is 2.33. The Kier molecular flexibility index (Phi) is 10.1. The summed E-state index contributed by atoms with van der Waals surface area (Å²) in [4.78, 5) is 28.3. The summed E-state index contributed by atoms with van der Waals surface area (Å²) in [6.07, 6.45) is 0. The van der Waals surface area contributed by atoms with Crippen molar-refractivity contribution in [2.24, 2.45) is 5.92 Å². The number of anilines is 1. The summed E-state index contributed by atoms with van der Waals surface area (Å²) in [6.45, 7) is 5.84. The second kappa shape index (κ2) is 13.8. The second-order valence-corrected chi connectivity index (χ2v) is 12.3. The zero-order valence-corrected chi connectivity index (χ0v) is 25.4. The smallest absolute Gasteiger partial charge is 0.264 e. The number of rotatable bonds is 12. The Labute approximate surface area is 251 Å². The Bertz CT molecular complexity index is 1550. The highest BCUT2D eigenvalue weighted by molar-refractivity contribution is 7.92. The van der Waals surface area contributed by atoms with Gasteiger partial charge in [0, 0.05) is 19.2 Å². The van der Waals surface area contributed by atoms with Crippen molar-refractivity contribution in [1.82, 2.24) is 10.2 Å². The number of fused-ring (bicyclic) bond motifs is 1. The normalized spacial score (nSPS) is 13.3. The fraction of sp³-hybridized carbons (Fsp3) is 0.355. The van der Waals surface area contributed by atoms with Gasteiger partial charge >= 0.3 is 0 Å². The van der Waals surface area contributed by atoms with Crippen LogP contribution in [0.5, 0.6) is 17.2 Å². The summed E-state index contributed by atoms with van der Waals surface area (Å²) in [5, 5.41) is 2.85. The summed E-state index contributed by atoms with van der Waals surface area (Å²) in [7, 11) is -2.85. The van der Waals surface area contributed by atoms with Gasteiger partial charge in [0.25, 0.3) is 10.0 Å². The van der Waals surface area contributed by atoms with Crippen LogP contribution in [-0.4, -0.2) is 64.6 Å². The minimum Gasteiger partial charge on any atom is -0.497 e. The third kappa shape index (κ3) is 7.75. The van der Waals surface area contributed by atoms with Gasteiger partial charge in [-0.2, -0.15) is 0 Å². The summed E-state index contributed by atoms with van der Waals surface area (Å²) < 4.78 is 59.3. The average Bonchev–Trinajstić information content (AvgIpc) is 3.01. The van der Waals surface area contributed by atoms with E-state index in [1.165, 1.54) is 42.3 Å². The largest absolute Gasteiger partial charge is 0.497 e. The lowest BCUT2D eigenvalue weighted by Crippen LogP contribution is -2.51. The number of benzene rings is 3. The van der Waals surface area contributed by atoms with E-state index in [2.05, 4.69) is 5.32 Å². The molecule has 0 aromatic heterocycles. The topological polar surface area (TPSA) is 114 Å². The molecule has 1 heterocycles. The molecular formula is C31H36FN3O7S. The first kappa shape index (κ1) is 31.6. The number of nitrogens with one attached hydrogen (secondary N) is 1. The number of carbonyl (C=O) groups excluding carboxylic acids is 2. The minimum absolute atomic E-state index is 0.00757. The molecule has 2 amide bonds. The summed E-state index contributed by atoms with van der Waals surface area (Å²) in [5.41, 5.74) is 0.752. The number of ether oxygens (including phenoxy) is 3. The molecule has 0 unspecified atom stereocenters. The zero-order chi connectivity index (χ0) is 31.1. The average molecular weight is 614 g/mol. The molecule has 43 heavy (non-hydrogen) atoms. The van der Waals surface area contributed by atoms with Crippen molar-refractivity contribution in [3.8, 4) is 17.2 Å². The van der Waals surface area contributed by atoms with Gasteiger partial charge in [-0.15, -0.1) is 0 Å². The summed E-state index contributed by atoms with van der Waals surface area (Å²) >= 11 is 0. The molecule has 230 valence electrons. The van der Waals surface area contributed by atoms with Crippen molar-refractivity contribution in [1.29, 1.82) is 0 Å². The second-order valence-electron chi connectivity index (χ2n) is 10.5. The maximum Gasteiger partial charge on any atom is 0.264 e. The van der Waals surface area contributed by atoms with Crippen molar-refractivity contribution in [2.45, 2.75) is 38.3 Å². The van der Waals surface area contributed by atoms with Crippen LogP contribution in [0, 0.1) is 11.7 Å². The summed E-state index contributed by atoms with van der Waals surface area (Å²) in [5.74, 6) is -0.178. The fourth-order valence-corrected chi connectivity index (χ4v) is 5.88. The first-order chi connectivity index (χ1) is 20.5. The Morgan fingerprint density at radius 2 is 1.67 bits per heavy atom. The van der Waals surface area contributed by atoms with Gasteiger partial charge in [-0.3, -0.25) is 13.9 Å². The third-order valence-corrected chi connectivity index (χ3v) is 8.60. The van der Waals surface area contributed by atoms with Crippen LogP contribution in [0.25, 0.3) is 0 Å². The van der Waals surface area contributed by atoms with E-state index in [9.17, 15) is 22.4 Å². The van der Waals surface area contributed by atoms with E-state index in [0.717, 1.165) is 16.4 Å². The first-order valence-electron chi connectivity index (χ1n) is 13.9. The Morgan fingerprint density at radius 1 is 0.977 bits per heavy atom. The van der Waals surface area contributed by atoms with E-state index in [1.54, 1.807) is 31.2 Å². The molecule has 1 aliphatic rings. The number of methoxy groups -OCH3 is 1. The third-order valence-electron chi connectivity index (χ3n) is 6.83. The number of hydrogen-bond donors (Lipinski definition) is 1. The molecule has 0 aliphatic carbocycles. The van der Waals surface area contributed by atoms with Crippen LogP contribution in [0.2, 0.25) is 0 Å². The SMILES string of the molecule is COc1cccc(CN(C(=O)CN(c2ccc(F)cc2)S(=O)(=O)c2ccc3c(c2)OCCO3)[C@H](C)C(=O)NCC(C)C)c1. The number of carbonyl (C=O) groups is 2. The molecule has 10 nitrogen and oxygen atoms in total. The van der Waals surface area contributed by atoms with Crippen molar-refractivity contribution in [3.63, 3.8) is 0 Å². The highest BCUT2D eigenvalue weighted by Crippen LogP contribution is 2.34. The molecule has 4 rings (SSSR count). The van der Waals surface area contributed by atoms with Crippen molar-refractivity contribution in [3.05, 3.63) is 78.1 Å². The van der Waals surface area contributed by atoms with Gasteiger partial charge in [-0.25, -0.2) is 12.8 Å². The molecule has 12 heteroatoms. The maximum atomic E-state index is 14.1. The number of amides is 2. The standard InChI is InChI=1S/C31H36FN3O7S/c1-21(2)18-33-31(37)22(3)34(19-23-6-5-7-26(16-23)40-4)30(36)20-35(25-10-8-24(32)9-11-25)43(38,39)27-12-13-28-29(17-27)42-15-14-41-28/h5-13,16-17,21-22H,14-15,18-20H2,1-4H3,(H,33,37)/t22-/m1/s1. The van der Waals surface area contributed by atoms with E-state index in [0.29, 0.717) is 30.2 Å². The molecule has 3 aromatic carbocycles. The van der Waals surface area contributed by atoms with Crippen molar-refractivity contribution >= 4 is 27.5 Å². The summed E-state index contributed by atoms with van der Waals surface area (Å²) in [6, 6.07) is 15.1. The molecule has 1 aliphatic heterocycles. The lowest BCUT2D eigenvalue weighted by atomic mass is 10.1. The van der Waals surface area contributed by atoms with Crippen molar-refractivity contribution in [2.75, 3.05) is 37.7 Å².